The zero-order chi connectivity index (χ0) is 14.5. The minimum atomic E-state index is -0.735. The molecule has 104 valence electrons. The zero-order valence-corrected chi connectivity index (χ0v) is 12.0. The van der Waals surface area contributed by atoms with Crippen LogP contribution in [0.15, 0.2) is 34.9 Å². The SMILES string of the molecule is NC(=O)c1ncc(-c2ccc(Br)cc2)c(OCCO)n1. The molecule has 6 nitrogen and oxygen atoms in total. The average Bonchev–Trinajstić information content (AvgIpc) is 2.45. The van der Waals surface area contributed by atoms with Gasteiger partial charge in [0.2, 0.25) is 11.7 Å². The van der Waals surface area contributed by atoms with Crippen LogP contribution in [0, 0.1) is 0 Å². The molecule has 1 aromatic carbocycles. The highest BCUT2D eigenvalue weighted by Gasteiger charge is 2.13. The number of aromatic nitrogens is 2. The summed E-state index contributed by atoms with van der Waals surface area (Å²) in [6.45, 7) is -0.0889. The smallest absolute Gasteiger partial charge is 0.286 e. The van der Waals surface area contributed by atoms with E-state index in [1.807, 2.05) is 24.3 Å². The Kier molecular flexibility index (Phi) is 4.65. The number of rotatable bonds is 5. The van der Waals surface area contributed by atoms with Gasteiger partial charge in [-0.3, -0.25) is 4.79 Å². The Morgan fingerprint density at radius 2 is 2.05 bits per heavy atom. The molecule has 7 heteroatoms. The molecule has 2 rings (SSSR count). The second-order valence-electron chi connectivity index (χ2n) is 3.86. The molecule has 3 N–H and O–H groups in total. The maximum absolute atomic E-state index is 11.1. The van der Waals surface area contributed by atoms with Crippen LogP contribution in [-0.2, 0) is 0 Å². The molecule has 0 spiro atoms. The van der Waals surface area contributed by atoms with E-state index in [4.69, 9.17) is 15.6 Å². The quantitative estimate of drug-likeness (QED) is 0.858. The third-order valence-electron chi connectivity index (χ3n) is 2.46. The monoisotopic (exact) mass is 337 g/mol. The fourth-order valence-corrected chi connectivity index (χ4v) is 1.83. The van der Waals surface area contributed by atoms with Crippen molar-refractivity contribution in [3.05, 3.63) is 40.8 Å². The summed E-state index contributed by atoms with van der Waals surface area (Å²) in [5, 5.41) is 8.84. The molecule has 0 radical (unpaired) electrons. The second kappa shape index (κ2) is 6.44. The van der Waals surface area contributed by atoms with Gasteiger partial charge in [0.05, 0.1) is 12.2 Å². The number of primary amides is 1. The fourth-order valence-electron chi connectivity index (χ4n) is 1.56. The number of hydrogen-bond donors (Lipinski definition) is 2. The minimum Gasteiger partial charge on any atom is -0.475 e. The molecule has 0 aliphatic carbocycles. The second-order valence-corrected chi connectivity index (χ2v) is 4.77. The lowest BCUT2D eigenvalue weighted by atomic mass is 10.1. The predicted molar refractivity (Wildman–Crippen MR) is 76.3 cm³/mol. The minimum absolute atomic E-state index is 0.0682. The molecule has 1 heterocycles. The van der Waals surface area contributed by atoms with Gasteiger partial charge >= 0.3 is 0 Å². The first-order valence-electron chi connectivity index (χ1n) is 5.78. The van der Waals surface area contributed by atoms with Gasteiger partial charge in [-0.25, -0.2) is 4.98 Å². The van der Waals surface area contributed by atoms with E-state index in [1.165, 1.54) is 6.20 Å². The number of nitrogens with zero attached hydrogens (tertiary/aromatic N) is 2. The van der Waals surface area contributed by atoms with Crippen molar-refractivity contribution in [2.24, 2.45) is 5.73 Å². The largest absolute Gasteiger partial charge is 0.475 e. The Morgan fingerprint density at radius 1 is 1.35 bits per heavy atom. The topological polar surface area (TPSA) is 98.3 Å². The van der Waals surface area contributed by atoms with Crippen molar-refractivity contribution in [3.8, 4) is 17.0 Å². The summed E-state index contributed by atoms with van der Waals surface area (Å²) in [7, 11) is 0. The number of nitrogens with two attached hydrogens (primary N) is 1. The molecular formula is C13H12BrN3O3. The first kappa shape index (κ1) is 14.4. The van der Waals surface area contributed by atoms with Crippen LogP contribution in [0.25, 0.3) is 11.1 Å². The summed E-state index contributed by atoms with van der Waals surface area (Å²) in [4.78, 5) is 19.0. The van der Waals surface area contributed by atoms with Crippen molar-refractivity contribution >= 4 is 21.8 Å². The van der Waals surface area contributed by atoms with Crippen LogP contribution in [0.1, 0.15) is 10.6 Å². The van der Waals surface area contributed by atoms with Crippen LogP contribution in [0.4, 0.5) is 0 Å². The van der Waals surface area contributed by atoms with Gasteiger partial charge in [0.25, 0.3) is 5.91 Å². The first-order valence-corrected chi connectivity index (χ1v) is 6.57. The molecule has 2 aromatic rings. The maximum atomic E-state index is 11.1. The number of amides is 1. The number of ether oxygens (including phenoxy) is 1. The molecule has 0 saturated carbocycles. The van der Waals surface area contributed by atoms with Crippen molar-refractivity contribution in [3.63, 3.8) is 0 Å². The van der Waals surface area contributed by atoms with E-state index in [0.29, 0.717) is 5.56 Å². The number of aliphatic hydroxyl groups is 1. The molecule has 0 fully saturated rings. The molecule has 0 aliphatic rings. The van der Waals surface area contributed by atoms with Crippen LogP contribution < -0.4 is 10.5 Å². The lowest BCUT2D eigenvalue weighted by Gasteiger charge is -2.10. The van der Waals surface area contributed by atoms with Gasteiger partial charge in [0, 0.05) is 10.7 Å². The van der Waals surface area contributed by atoms with Gasteiger partial charge in [-0.1, -0.05) is 28.1 Å². The molecule has 0 bridgehead atoms. The number of carbonyl (C=O) groups excluding carboxylic acids is 1. The lowest BCUT2D eigenvalue weighted by molar-refractivity contribution is 0.0989. The number of benzene rings is 1. The van der Waals surface area contributed by atoms with E-state index >= 15 is 0 Å². The molecule has 0 aliphatic heterocycles. The third-order valence-corrected chi connectivity index (χ3v) is 2.99. The van der Waals surface area contributed by atoms with Gasteiger partial charge in [0.15, 0.2) is 0 Å². The van der Waals surface area contributed by atoms with Gasteiger partial charge in [0.1, 0.15) is 6.61 Å². The van der Waals surface area contributed by atoms with E-state index in [2.05, 4.69) is 25.9 Å². The van der Waals surface area contributed by atoms with E-state index in [9.17, 15) is 4.79 Å². The summed E-state index contributed by atoms with van der Waals surface area (Å²) in [6, 6.07) is 7.46. The molecule has 0 unspecified atom stereocenters. The number of halogens is 1. The Balaban J connectivity index is 2.45. The number of hydrogen-bond acceptors (Lipinski definition) is 5. The molecule has 1 amide bonds. The summed E-state index contributed by atoms with van der Waals surface area (Å²) < 4.78 is 6.28. The Bertz CT molecular complexity index is 617. The normalized spacial score (nSPS) is 10.3. The van der Waals surface area contributed by atoms with E-state index in [0.717, 1.165) is 10.0 Å². The molecular weight excluding hydrogens is 326 g/mol. The highest BCUT2D eigenvalue weighted by Crippen LogP contribution is 2.28. The maximum Gasteiger partial charge on any atom is 0.286 e. The summed E-state index contributed by atoms with van der Waals surface area (Å²) in [5.74, 6) is -0.648. The molecule has 0 atom stereocenters. The zero-order valence-electron chi connectivity index (χ0n) is 10.4. The van der Waals surface area contributed by atoms with Crippen LogP contribution >= 0.6 is 15.9 Å². The first-order chi connectivity index (χ1) is 9.61. The summed E-state index contributed by atoms with van der Waals surface area (Å²) in [5.41, 5.74) is 6.60. The van der Waals surface area contributed by atoms with Gasteiger partial charge in [-0.15, -0.1) is 0 Å². The standard InChI is InChI=1S/C13H12BrN3O3/c14-9-3-1-8(2-4-9)10-7-16-12(11(15)19)17-13(10)20-6-5-18/h1-4,7,18H,5-6H2,(H2,15,19). The third kappa shape index (κ3) is 3.31. The predicted octanol–water partition coefficient (Wildman–Crippen LogP) is 1.38. The molecule has 0 saturated heterocycles. The van der Waals surface area contributed by atoms with Crippen LogP contribution in [0.3, 0.4) is 0 Å². The van der Waals surface area contributed by atoms with Crippen molar-refractivity contribution in [2.45, 2.75) is 0 Å². The van der Waals surface area contributed by atoms with E-state index in [1.54, 1.807) is 0 Å². The van der Waals surface area contributed by atoms with Crippen molar-refractivity contribution in [1.82, 2.24) is 9.97 Å². The fraction of sp³-hybridized carbons (Fsp3) is 0.154. The van der Waals surface area contributed by atoms with Crippen LogP contribution in [-0.4, -0.2) is 34.2 Å². The van der Waals surface area contributed by atoms with Crippen molar-refractivity contribution < 1.29 is 14.6 Å². The highest BCUT2D eigenvalue weighted by molar-refractivity contribution is 9.10. The van der Waals surface area contributed by atoms with Crippen LogP contribution in [0.2, 0.25) is 0 Å². The average molecular weight is 338 g/mol. The van der Waals surface area contributed by atoms with E-state index in [-0.39, 0.29) is 24.9 Å². The molecule has 20 heavy (non-hydrogen) atoms. The van der Waals surface area contributed by atoms with Crippen molar-refractivity contribution in [1.29, 1.82) is 0 Å². The Labute approximate surface area is 123 Å². The van der Waals surface area contributed by atoms with Gasteiger partial charge < -0.3 is 15.6 Å². The number of aliphatic hydroxyl groups excluding tert-OH is 1. The Morgan fingerprint density at radius 3 is 2.65 bits per heavy atom. The number of carbonyl (C=O) groups is 1. The van der Waals surface area contributed by atoms with Crippen molar-refractivity contribution in [2.75, 3.05) is 13.2 Å². The van der Waals surface area contributed by atoms with Gasteiger partial charge in [-0.2, -0.15) is 4.98 Å². The lowest BCUT2D eigenvalue weighted by Crippen LogP contribution is -2.16. The summed E-state index contributed by atoms with van der Waals surface area (Å²) >= 11 is 3.35. The summed E-state index contributed by atoms with van der Waals surface area (Å²) in [6.07, 6.45) is 1.48. The van der Waals surface area contributed by atoms with E-state index < -0.39 is 5.91 Å². The van der Waals surface area contributed by atoms with Crippen LogP contribution in [0.5, 0.6) is 5.88 Å². The highest BCUT2D eigenvalue weighted by atomic mass is 79.9. The Hall–Kier alpha value is -1.99. The van der Waals surface area contributed by atoms with Gasteiger partial charge in [-0.05, 0) is 17.7 Å². The molecule has 1 aromatic heterocycles.